The molecule has 2 heterocycles. The Morgan fingerprint density at radius 3 is 2.67 bits per heavy atom. The van der Waals surface area contributed by atoms with E-state index in [0.717, 1.165) is 16.7 Å². The van der Waals surface area contributed by atoms with Crippen LogP contribution in [0.1, 0.15) is 0 Å². The molecule has 21 heavy (non-hydrogen) atoms. The average Bonchev–Trinajstić information content (AvgIpc) is 2.76. The number of H-pyrrole nitrogens is 1. The van der Waals surface area contributed by atoms with Gasteiger partial charge in [-0.25, -0.2) is 13.8 Å². The topological polar surface area (TPSA) is 55.6 Å². The quantitative estimate of drug-likeness (QED) is 0.697. The van der Waals surface area contributed by atoms with E-state index in [1.807, 2.05) is 0 Å². The second kappa shape index (κ2) is 5.38. The summed E-state index contributed by atoms with van der Waals surface area (Å²) in [6.07, 6.45) is 1.47. The second-order valence-corrected chi connectivity index (χ2v) is 4.61. The Kier molecular flexibility index (Phi) is 3.93. The molecule has 1 aromatic carbocycles. The molecule has 0 spiro atoms. The third-order valence-corrected chi connectivity index (χ3v) is 3.22. The average molecular weight is 331 g/mol. The van der Waals surface area contributed by atoms with Gasteiger partial charge in [-0.15, -0.1) is 12.4 Å². The van der Waals surface area contributed by atoms with E-state index >= 15 is 0 Å². The van der Waals surface area contributed by atoms with Crippen molar-refractivity contribution in [2.24, 2.45) is 7.05 Å². The first-order chi connectivity index (χ1) is 9.49. The number of halogens is 3. The third kappa shape index (κ3) is 2.36. The molecule has 3 rings (SSSR count). The Balaban J connectivity index is 0.00000161. The summed E-state index contributed by atoms with van der Waals surface area (Å²) in [6, 6.07) is 3.13. The van der Waals surface area contributed by atoms with Gasteiger partial charge in [-0.05, 0) is 24.4 Å². The lowest BCUT2D eigenvalue weighted by Crippen LogP contribution is -2.21. The van der Waals surface area contributed by atoms with Crippen LogP contribution in [0.5, 0.6) is 0 Å². The number of imidazole rings is 1. The first-order valence-electron chi connectivity index (χ1n) is 5.61. The fourth-order valence-electron chi connectivity index (χ4n) is 1.95. The summed E-state index contributed by atoms with van der Waals surface area (Å²) >= 11 is 5.10. The summed E-state index contributed by atoms with van der Waals surface area (Å²) in [5.41, 5.74) is 0.294. The van der Waals surface area contributed by atoms with Crippen LogP contribution in [0.4, 0.5) is 8.78 Å². The minimum absolute atomic E-state index is 0. The van der Waals surface area contributed by atoms with E-state index in [-0.39, 0.29) is 28.4 Å². The molecule has 0 aliphatic carbocycles. The van der Waals surface area contributed by atoms with Crippen LogP contribution in [0.15, 0.2) is 29.3 Å². The number of nitrogens with zero attached hydrogens (tertiary/aromatic N) is 3. The van der Waals surface area contributed by atoms with Crippen LogP contribution in [0.2, 0.25) is 0 Å². The number of aryl methyl sites for hydroxylation is 1. The summed E-state index contributed by atoms with van der Waals surface area (Å²) in [6.45, 7) is 0. The Morgan fingerprint density at radius 2 is 2.00 bits per heavy atom. The van der Waals surface area contributed by atoms with E-state index in [9.17, 15) is 13.6 Å². The van der Waals surface area contributed by atoms with Gasteiger partial charge in [0.25, 0.3) is 5.56 Å². The minimum atomic E-state index is -1.05. The monoisotopic (exact) mass is 330 g/mol. The van der Waals surface area contributed by atoms with Gasteiger partial charge >= 0.3 is 0 Å². The van der Waals surface area contributed by atoms with Crippen LogP contribution in [0.3, 0.4) is 0 Å². The summed E-state index contributed by atoms with van der Waals surface area (Å²) in [7, 11) is 1.71. The van der Waals surface area contributed by atoms with Crippen molar-refractivity contribution < 1.29 is 8.78 Å². The number of hydrogen-bond donors (Lipinski definition) is 1. The molecule has 0 fully saturated rings. The molecule has 3 aromatic rings. The Labute approximate surface area is 128 Å². The molecule has 0 saturated carbocycles. The number of hydrogen-bond acceptors (Lipinski definition) is 3. The maximum absolute atomic E-state index is 13.3. The molecule has 110 valence electrons. The van der Waals surface area contributed by atoms with Crippen molar-refractivity contribution in [2.45, 2.75) is 0 Å². The van der Waals surface area contributed by atoms with E-state index < -0.39 is 17.2 Å². The zero-order valence-electron chi connectivity index (χ0n) is 10.6. The molecular weight excluding hydrogens is 322 g/mol. The van der Waals surface area contributed by atoms with Gasteiger partial charge in [-0.2, -0.15) is 0 Å². The van der Waals surface area contributed by atoms with Gasteiger partial charge in [-0.1, -0.05) is 0 Å². The summed E-state index contributed by atoms with van der Waals surface area (Å²) < 4.78 is 29.0. The van der Waals surface area contributed by atoms with Gasteiger partial charge in [-0.3, -0.25) is 9.36 Å². The Bertz CT molecular complexity index is 947. The maximum atomic E-state index is 13.3. The van der Waals surface area contributed by atoms with E-state index in [4.69, 9.17) is 12.2 Å². The molecule has 2 aromatic heterocycles. The molecule has 9 heteroatoms. The van der Waals surface area contributed by atoms with Crippen LogP contribution in [-0.4, -0.2) is 19.1 Å². The summed E-state index contributed by atoms with van der Waals surface area (Å²) in [5.74, 6) is -2.04. The molecule has 0 unspecified atom stereocenters. The lowest BCUT2D eigenvalue weighted by Gasteiger charge is -2.06. The van der Waals surface area contributed by atoms with Crippen molar-refractivity contribution in [1.82, 2.24) is 19.1 Å². The third-order valence-electron chi connectivity index (χ3n) is 2.93. The molecule has 5 nitrogen and oxygen atoms in total. The van der Waals surface area contributed by atoms with E-state index in [0.29, 0.717) is 5.65 Å². The number of benzene rings is 1. The van der Waals surface area contributed by atoms with Gasteiger partial charge in [0.2, 0.25) is 0 Å². The second-order valence-electron chi connectivity index (χ2n) is 4.22. The van der Waals surface area contributed by atoms with Crippen molar-refractivity contribution in [2.75, 3.05) is 0 Å². The van der Waals surface area contributed by atoms with E-state index in [2.05, 4.69) is 9.97 Å². The minimum Gasteiger partial charge on any atom is -0.320 e. The van der Waals surface area contributed by atoms with E-state index in [1.54, 1.807) is 11.6 Å². The molecule has 0 bridgehead atoms. The first-order valence-corrected chi connectivity index (χ1v) is 6.01. The standard InChI is InChI=1S/C12H8F2N4OS.ClH/c1-17-5-15-9-10(17)16-12(20)18(11(9)19)6-2-3-7(13)8(14)4-6;/h2-5H,1H3,(H,16,20);1H. The van der Waals surface area contributed by atoms with Crippen LogP contribution in [0, 0.1) is 16.4 Å². The van der Waals surface area contributed by atoms with Gasteiger partial charge in [0.15, 0.2) is 21.9 Å². The number of rotatable bonds is 1. The van der Waals surface area contributed by atoms with Crippen LogP contribution in [-0.2, 0) is 7.05 Å². The summed E-state index contributed by atoms with van der Waals surface area (Å²) in [5, 5.41) is 0. The zero-order valence-corrected chi connectivity index (χ0v) is 12.3. The molecule has 0 amide bonds. The highest BCUT2D eigenvalue weighted by Crippen LogP contribution is 2.13. The smallest absolute Gasteiger partial charge is 0.287 e. The van der Waals surface area contributed by atoms with Crippen molar-refractivity contribution in [3.05, 3.63) is 51.3 Å². The van der Waals surface area contributed by atoms with Crippen LogP contribution in [0.25, 0.3) is 16.9 Å². The van der Waals surface area contributed by atoms with Crippen molar-refractivity contribution >= 4 is 35.8 Å². The molecule has 0 saturated heterocycles. The molecule has 0 aliphatic heterocycles. The lowest BCUT2D eigenvalue weighted by atomic mass is 10.3. The molecule has 1 N–H and O–H groups in total. The zero-order chi connectivity index (χ0) is 14.4. The number of aromatic amines is 1. The van der Waals surface area contributed by atoms with Crippen LogP contribution < -0.4 is 5.56 Å². The van der Waals surface area contributed by atoms with Crippen molar-refractivity contribution in [3.8, 4) is 5.69 Å². The van der Waals surface area contributed by atoms with Gasteiger partial charge in [0.1, 0.15) is 5.65 Å². The fourth-order valence-corrected chi connectivity index (χ4v) is 2.23. The predicted molar refractivity (Wildman–Crippen MR) is 78.7 cm³/mol. The largest absolute Gasteiger partial charge is 0.320 e. The summed E-state index contributed by atoms with van der Waals surface area (Å²) in [4.78, 5) is 19.2. The molecule has 0 atom stereocenters. The Morgan fingerprint density at radius 1 is 1.29 bits per heavy atom. The van der Waals surface area contributed by atoms with Crippen molar-refractivity contribution in [1.29, 1.82) is 0 Å². The number of fused-ring (bicyclic) bond motifs is 1. The van der Waals surface area contributed by atoms with Gasteiger partial charge in [0, 0.05) is 13.1 Å². The van der Waals surface area contributed by atoms with Gasteiger partial charge < -0.3 is 9.55 Å². The molecular formula is C12H9ClF2N4OS. The predicted octanol–water partition coefficient (Wildman–Crippen LogP) is 2.48. The maximum Gasteiger partial charge on any atom is 0.287 e. The van der Waals surface area contributed by atoms with Crippen LogP contribution >= 0.6 is 24.6 Å². The molecule has 0 radical (unpaired) electrons. The van der Waals surface area contributed by atoms with Gasteiger partial charge in [0.05, 0.1) is 12.0 Å². The Hall–Kier alpha value is -2.06. The fraction of sp³-hybridized carbons (Fsp3) is 0.0833. The highest BCUT2D eigenvalue weighted by Gasteiger charge is 2.12. The SMILES string of the molecule is Cl.Cn1cnc2c(=O)n(-c3ccc(F)c(F)c3)c(=S)[nH]c21. The van der Waals surface area contributed by atoms with E-state index in [1.165, 1.54) is 12.4 Å². The van der Waals surface area contributed by atoms with Crippen molar-refractivity contribution in [3.63, 3.8) is 0 Å². The molecule has 0 aliphatic rings. The first kappa shape index (κ1) is 15.3. The lowest BCUT2D eigenvalue weighted by molar-refractivity contribution is 0.507. The number of aromatic nitrogens is 4. The normalized spacial score (nSPS) is 10.6. The number of nitrogens with one attached hydrogen (secondary N) is 1. The highest BCUT2D eigenvalue weighted by atomic mass is 35.5. The highest BCUT2D eigenvalue weighted by molar-refractivity contribution is 7.71.